The lowest BCUT2D eigenvalue weighted by atomic mass is 9.91. The van der Waals surface area contributed by atoms with Crippen LogP contribution in [0.1, 0.15) is 18.4 Å². The molecule has 0 bridgehead atoms. The fourth-order valence-corrected chi connectivity index (χ4v) is 3.34. The van der Waals surface area contributed by atoms with Crippen molar-refractivity contribution in [2.45, 2.75) is 18.9 Å². The summed E-state index contributed by atoms with van der Waals surface area (Å²) in [7, 11) is 4.14. The molecule has 132 valence electrons. The Kier molecular flexibility index (Phi) is 4.13. The Morgan fingerprint density at radius 1 is 1.04 bits per heavy atom. The van der Waals surface area contributed by atoms with Crippen LogP contribution in [0, 0.1) is 0 Å². The molecule has 4 heteroatoms. The number of para-hydroxylation sites is 1. The summed E-state index contributed by atoms with van der Waals surface area (Å²) in [5.74, 6) is 1.52. The molecule has 0 saturated heterocycles. The molecule has 0 aliphatic heterocycles. The molecule has 2 aromatic heterocycles. The van der Waals surface area contributed by atoms with Crippen molar-refractivity contribution in [1.29, 1.82) is 0 Å². The third-order valence-electron chi connectivity index (χ3n) is 5.20. The monoisotopic (exact) mass is 345 g/mol. The third-order valence-corrected chi connectivity index (χ3v) is 5.20. The van der Waals surface area contributed by atoms with Gasteiger partial charge in [-0.25, -0.2) is 4.98 Å². The van der Waals surface area contributed by atoms with Gasteiger partial charge in [-0.2, -0.15) is 0 Å². The maximum atomic E-state index is 6.26. The van der Waals surface area contributed by atoms with Crippen LogP contribution in [0.5, 0.6) is 0 Å². The molecular weight excluding hydrogens is 322 g/mol. The van der Waals surface area contributed by atoms with Gasteiger partial charge in [0, 0.05) is 22.7 Å². The smallest absolute Gasteiger partial charge is 0.215 e. The fourth-order valence-electron chi connectivity index (χ4n) is 3.34. The second-order valence-corrected chi connectivity index (χ2v) is 7.11. The van der Waals surface area contributed by atoms with Gasteiger partial charge in [-0.3, -0.25) is 4.90 Å². The van der Waals surface area contributed by atoms with Crippen molar-refractivity contribution < 1.29 is 4.42 Å². The highest BCUT2D eigenvalue weighted by atomic mass is 16.4. The lowest BCUT2D eigenvalue weighted by Gasteiger charge is -2.33. The zero-order chi connectivity index (χ0) is 18.1. The Balaban J connectivity index is 1.73. The second-order valence-electron chi connectivity index (χ2n) is 7.11. The van der Waals surface area contributed by atoms with Gasteiger partial charge in [0.2, 0.25) is 5.89 Å². The first kappa shape index (κ1) is 16.6. The summed E-state index contributed by atoms with van der Waals surface area (Å²) in [6.45, 7) is 2.17. The Hall–Kier alpha value is -2.85. The molecule has 2 heterocycles. The van der Waals surface area contributed by atoms with E-state index in [1.165, 1.54) is 5.56 Å². The first-order valence-electron chi connectivity index (χ1n) is 8.82. The SMILES string of the molecule is CN(C)C(C)(Cc1ccccc1)c1ncc(-c2c[nH]c3ccccc23)o1. The maximum absolute atomic E-state index is 6.26. The lowest BCUT2D eigenvalue weighted by Crippen LogP contribution is -2.40. The molecule has 4 aromatic rings. The molecular formula is C22H23N3O. The summed E-state index contributed by atoms with van der Waals surface area (Å²) in [5.41, 5.74) is 3.07. The Morgan fingerprint density at radius 3 is 2.54 bits per heavy atom. The number of likely N-dealkylation sites (N-methyl/N-ethyl adjacent to an activating group) is 1. The molecule has 1 atom stereocenters. The van der Waals surface area contributed by atoms with Gasteiger partial charge in [0.15, 0.2) is 5.76 Å². The van der Waals surface area contributed by atoms with Crippen LogP contribution in [0.3, 0.4) is 0 Å². The molecule has 4 rings (SSSR count). The van der Waals surface area contributed by atoms with Crippen molar-refractivity contribution in [3.8, 4) is 11.3 Å². The minimum absolute atomic E-state index is 0.328. The van der Waals surface area contributed by atoms with Gasteiger partial charge in [0.1, 0.15) is 0 Å². The number of rotatable bonds is 5. The number of aromatic nitrogens is 2. The minimum Gasteiger partial charge on any atom is -0.439 e. The van der Waals surface area contributed by atoms with E-state index in [2.05, 4.69) is 72.3 Å². The summed E-state index contributed by atoms with van der Waals surface area (Å²) in [5, 5.41) is 1.14. The van der Waals surface area contributed by atoms with Crippen LogP contribution in [0.25, 0.3) is 22.2 Å². The Bertz CT molecular complexity index is 1020. The minimum atomic E-state index is -0.328. The third kappa shape index (κ3) is 2.82. The molecule has 2 aromatic carbocycles. The van der Waals surface area contributed by atoms with E-state index in [1.54, 1.807) is 0 Å². The largest absolute Gasteiger partial charge is 0.439 e. The van der Waals surface area contributed by atoms with Crippen molar-refractivity contribution in [1.82, 2.24) is 14.9 Å². The number of hydrogen-bond acceptors (Lipinski definition) is 3. The number of H-pyrrole nitrogens is 1. The zero-order valence-corrected chi connectivity index (χ0v) is 15.4. The number of aromatic amines is 1. The summed E-state index contributed by atoms with van der Waals surface area (Å²) in [6.07, 6.45) is 4.64. The zero-order valence-electron chi connectivity index (χ0n) is 15.4. The summed E-state index contributed by atoms with van der Waals surface area (Å²) < 4.78 is 6.26. The molecule has 0 saturated carbocycles. The number of fused-ring (bicyclic) bond motifs is 1. The van der Waals surface area contributed by atoms with Crippen molar-refractivity contribution in [2.75, 3.05) is 14.1 Å². The average molecular weight is 345 g/mol. The predicted molar refractivity (Wildman–Crippen MR) is 105 cm³/mol. The molecule has 0 amide bonds. The van der Waals surface area contributed by atoms with Crippen molar-refractivity contribution in [3.05, 3.63) is 78.4 Å². The highest BCUT2D eigenvalue weighted by Crippen LogP contribution is 2.34. The fraction of sp³-hybridized carbons (Fsp3) is 0.227. The molecule has 1 unspecified atom stereocenters. The van der Waals surface area contributed by atoms with E-state index in [0.717, 1.165) is 34.5 Å². The van der Waals surface area contributed by atoms with Gasteiger partial charge in [-0.05, 0) is 39.1 Å². The van der Waals surface area contributed by atoms with Crippen LogP contribution in [-0.4, -0.2) is 29.0 Å². The van der Waals surface area contributed by atoms with Gasteiger partial charge in [-0.1, -0.05) is 48.5 Å². The number of nitrogens with one attached hydrogen (secondary N) is 1. The highest BCUT2D eigenvalue weighted by Gasteiger charge is 2.35. The van der Waals surface area contributed by atoms with Crippen LogP contribution in [0.4, 0.5) is 0 Å². The van der Waals surface area contributed by atoms with Crippen molar-refractivity contribution in [2.24, 2.45) is 0 Å². The van der Waals surface area contributed by atoms with Gasteiger partial charge < -0.3 is 9.40 Å². The highest BCUT2D eigenvalue weighted by molar-refractivity contribution is 5.93. The van der Waals surface area contributed by atoms with E-state index in [9.17, 15) is 0 Å². The van der Waals surface area contributed by atoms with E-state index >= 15 is 0 Å². The second kappa shape index (κ2) is 6.46. The Labute approximate surface area is 153 Å². The molecule has 26 heavy (non-hydrogen) atoms. The average Bonchev–Trinajstić information content (AvgIpc) is 3.29. The van der Waals surface area contributed by atoms with E-state index in [0.29, 0.717) is 0 Å². The summed E-state index contributed by atoms with van der Waals surface area (Å²) in [6, 6.07) is 18.7. The molecule has 0 spiro atoms. The van der Waals surface area contributed by atoms with E-state index in [1.807, 2.05) is 30.6 Å². The number of benzene rings is 2. The number of hydrogen-bond donors (Lipinski definition) is 1. The van der Waals surface area contributed by atoms with Gasteiger partial charge >= 0.3 is 0 Å². The molecule has 1 N–H and O–H groups in total. The maximum Gasteiger partial charge on any atom is 0.215 e. The summed E-state index contributed by atoms with van der Waals surface area (Å²) >= 11 is 0. The normalized spacial score (nSPS) is 14.0. The molecule has 0 radical (unpaired) electrons. The first-order chi connectivity index (χ1) is 12.6. The van der Waals surface area contributed by atoms with Crippen molar-refractivity contribution >= 4 is 10.9 Å². The molecule has 0 aliphatic carbocycles. The van der Waals surface area contributed by atoms with Crippen LogP contribution in [-0.2, 0) is 12.0 Å². The van der Waals surface area contributed by atoms with E-state index < -0.39 is 0 Å². The van der Waals surface area contributed by atoms with Gasteiger partial charge in [0.25, 0.3) is 0 Å². The Morgan fingerprint density at radius 2 is 1.77 bits per heavy atom. The molecule has 0 aliphatic rings. The van der Waals surface area contributed by atoms with E-state index in [4.69, 9.17) is 4.42 Å². The topological polar surface area (TPSA) is 45.1 Å². The van der Waals surface area contributed by atoms with Gasteiger partial charge in [0.05, 0.1) is 11.7 Å². The lowest BCUT2D eigenvalue weighted by molar-refractivity contribution is 0.135. The standard InChI is InChI=1S/C22H23N3O/c1-22(25(2)3,13-16-9-5-4-6-10-16)21-24-15-20(26-21)18-14-23-19-12-8-7-11-17(18)19/h4-12,14-15,23H,13H2,1-3H3. The number of nitrogens with zero attached hydrogens (tertiary/aromatic N) is 2. The quantitative estimate of drug-likeness (QED) is 0.563. The van der Waals surface area contributed by atoms with Crippen LogP contribution in [0.15, 0.2) is 71.4 Å². The van der Waals surface area contributed by atoms with E-state index in [-0.39, 0.29) is 5.54 Å². The van der Waals surface area contributed by atoms with Crippen LogP contribution in [0.2, 0.25) is 0 Å². The first-order valence-corrected chi connectivity index (χ1v) is 8.82. The number of oxazole rings is 1. The molecule has 0 fully saturated rings. The van der Waals surface area contributed by atoms with Crippen LogP contribution < -0.4 is 0 Å². The summed E-state index contributed by atoms with van der Waals surface area (Å²) in [4.78, 5) is 10.1. The van der Waals surface area contributed by atoms with Crippen LogP contribution >= 0.6 is 0 Å². The van der Waals surface area contributed by atoms with Crippen molar-refractivity contribution in [3.63, 3.8) is 0 Å². The van der Waals surface area contributed by atoms with Gasteiger partial charge in [-0.15, -0.1) is 0 Å². The predicted octanol–water partition coefficient (Wildman–Crippen LogP) is 4.84. The molecule has 4 nitrogen and oxygen atoms in total.